The Morgan fingerprint density at radius 3 is 2.00 bits per heavy atom. The molecule has 10 heteroatoms. The van der Waals surface area contributed by atoms with E-state index in [-0.39, 0.29) is 36.8 Å². The Morgan fingerprint density at radius 1 is 0.884 bits per heavy atom. The van der Waals surface area contributed by atoms with E-state index in [9.17, 15) is 19.2 Å². The summed E-state index contributed by atoms with van der Waals surface area (Å²) >= 11 is 0. The summed E-state index contributed by atoms with van der Waals surface area (Å²) < 4.78 is 5.97. The van der Waals surface area contributed by atoms with Gasteiger partial charge in [-0.15, -0.1) is 0 Å². The van der Waals surface area contributed by atoms with E-state index in [4.69, 9.17) is 4.74 Å². The molecule has 232 valence electrons. The summed E-state index contributed by atoms with van der Waals surface area (Å²) in [5.41, 5.74) is 1.34. The third kappa shape index (κ3) is 7.61. The Morgan fingerprint density at radius 2 is 1.44 bits per heavy atom. The molecule has 2 aliphatic heterocycles. The zero-order valence-corrected chi connectivity index (χ0v) is 25.6. The summed E-state index contributed by atoms with van der Waals surface area (Å²) in [5.74, 6) is -0.548. The van der Waals surface area contributed by atoms with Gasteiger partial charge in [-0.1, -0.05) is 74.5 Å². The second kappa shape index (κ2) is 15.1. The van der Waals surface area contributed by atoms with Crippen LogP contribution in [0.5, 0.6) is 0 Å². The molecule has 2 fully saturated rings. The molecule has 43 heavy (non-hydrogen) atoms. The predicted octanol–water partition coefficient (Wildman–Crippen LogP) is 3.19. The highest BCUT2D eigenvalue weighted by molar-refractivity contribution is 6.03. The van der Waals surface area contributed by atoms with Gasteiger partial charge in [0.05, 0.1) is 5.41 Å². The normalized spacial score (nSPS) is 18.3. The molecule has 0 spiro atoms. The van der Waals surface area contributed by atoms with Crippen LogP contribution in [0.2, 0.25) is 0 Å². The highest BCUT2D eigenvalue weighted by Crippen LogP contribution is 2.45. The van der Waals surface area contributed by atoms with Crippen LogP contribution in [0.25, 0.3) is 0 Å². The number of urea groups is 1. The van der Waals surface area contributed by atoms with Gasteiger partial charge in [-0.25, -0.2) is 9.69 Å². The topological polar surface area (TPSA) is 111 Å². The van der Waals surface area contributed by atoms with Crippen molar-refractivity contribution < 1.29 is 23.9 Å². The lowest BCUT2D eigenvalue weighted by Crippen LogP contribution is -2.72. The van der Waals surface area contributed by atoms with Gasteiger partial charge in [0.1, 0.15) is 6.61 Å². The summed E-state index contributed by atoms with van der Waals surface area (Å²) in [6.07, 6.45) is 1.04. The van der Waals surface area contributed by atoms with Crippen molar-refractivity contribution in [2.24, 2.45) is 5.41 Å². The maximum atomic E-state index is 13.1. The number of likely N-dealkylation sites (N-methyl/N-ethyl adjacent to an activating group) is 1. The van der Waals surface area contributed by atoms with E-state index in [1.54, 1.807) is 4.90 Å². The Hall–Kier alpha value is -3.76. The Bertz CT molecular complexity index is 1190. The number of imide groups is 1. The number of piperazine rings is 1. The molecule has 0 saturated carbocycles. The number of ether oxygens (including phenoxy) is 1. The SMILES string of the molecule is CCC1(CC)C(=O)N(C(=O)NCCCNC(=O)CC(c2ccccc2)c2ccccc2)C1OCC(=O)N1CCN(C)CC1. The van der Waals surface area contributed by atoms with E-state index in [0.717, 1.165) is 29.1 Å². The van der Waals surface area contributed by atoms with Crippen molar-refractivity contribution in [2.45, 2.75) is 51.7 Å². The monoisotopic (exact) mass is 591 g/mol. The quantitative estimate of drug-likeness (QED) is 0.274. The third-order valence-electron chi connectivity index (χ3n) is 8.80. The summed E-state index contributed by atoms with van der Waals surface area (Å²) in [5, 5.41) is 5.75. The highest BCUT2D eigenvalue weighted by atomic mass is 16.5. The molecule has 5 amide bonds. The van der Waals surface area contributed by atoms with Crippen molar-refractivity contribution in [3.05, 3.63) is 71.8 Å². The first-order valence-electron chi connectivity index (χ1n) is 15.4. The molecule has 0 bridgehead atoms. The van der Waals surface area contributed by atoms with Gasteiger partial charge in [0.15, 0.2) is 6.23 Å². The van der Waals surface area contributed by atoms with Crippen molar-refractivity contribution in [2.75, 3.05) is 52.9 Å². The lowest BCUT2D eigenvalue weighted by molar-refractivity contribution is -0.212. The second-order valence-corrected chi connectivity index (χ2v) is 11.4. The van der Waals surface area contributed by atoms with Crippen LogP contribution in [0, 0.1) is 5.41 Å². The van der Waals surface area contributed by atoms with Gasteiger partial charge in [0.25, 0.3) is 0 Å². The number of hydrogen-bond acceptors (Lipinski definition) is 6. The molecule has 2 N–H and O–H groups in total. The summed E-state index contributed by atoms with van der Waals surface area (Å²) in [6.45, 7) is 7.17. The minimum absolute atomic E-state index is 0.0583. The van der Waals surface area contributed by atoms with Crippen molar-refractivity contribution >= 4 is 23.8 Å². The third-order valence-corrected chi connectivity index (χ3v) is 8.80. The maximum absolute atomic E-state index is 13.1. The van der Waals surface area contributed by atoms with Crippen LogP contribution in [0.1, 0.15) is 56.6 Å². The number of rotatable bonds is 13. The first-order chi connectivity index (χ1) is 20.8. The molecule has 0 aromatic heterocycles. The number of carbonyl (C=O) groups is 4. The largest absolute Gasteiger partial charge is 0.356 e. The average molecular weight is 592 g/mol. The van der Waals surface area contributed by atoms with E-state index in [1.807, 2.05) is 81.6 Å². The summed E-state index contributed by atoms with van der Waals surface area (Å²) in [4.78, 5) is 56.8. The van der Waals surface area contributed by atoms with E-state index >= 15 is 0 Å². The predicted molar refractivity (Wildman–Crippen MR) is 164 cm³/mol. The zero-order chi connectivity index (χ0) is 30.8. The van der Waals surface area contributed by atoms with Crippen LogP contribution in [0.3, 0.4) is 0 Å². The summed E-state index contributed by atoms with van der Waals surface area (Å²) in [7, 11) is 2.02. The number of hydrogen-bond donors (Lipinski definition) is 2. The molecule has 0 radical (unpaired) electrons. The van der Waals surface area contributed by atoms with E-state index in [2.05, 4.69) is 15.5 Å². The fourth-order valence-electron chi connectivity index (χ4n) is 5.92. The van der Waals surface area contributed by atoms with Crippen molar-refractivity contribution in [1.82, 2.24) is 25.3 Å². The second-order valence-electron chi connectivity index (χ2n) is 11.4. The van der Waals surface area contributed by atoms with Crippen LogP contribution >= 0.6 is 0 Å². The first kappa shape index (κ1) is 32.2. The van der Waals surface area contributed by atoms with Crippen LogP contribution in [0.15, 0.2) is 60.7 Å². The molecule has 1 unspecified atom stereocenters. The number of nitrogens with zero attached hydrogens (tertiary/aromatic N) is 3. The smallest absolute Gasteiger partial charge is 0.326 e. The lowest BCUT2D eigenvalue weighted by Gasteiger charge is -2.53. The van der Waals surface area contributed by atoms with Crippen molar-refractivity contribution in [1.29, 1.82) is 0 Å². The number of nitrogens with one attached hydrogen (secondary N) is 2. The van der Waals surface area contributed by atoms with Gasteiger partial charge >= 0.3 is 6.03 Å². The van der Waals surface area contributed by atoms with Gasteiger partial charge in [-0.05, 0) is 37.4 Å². The number of benzene rings is 2. The fraction of sp³-hybridized carbons (Fsp3) is 0.515. The van der Waals surface area contributed by atoms with Gasteiger partial charge in [-0.3, -0.25) is 14.4 Å². The van der Waals surface area contributed by atoms with Gasteiger partial charge in [-0.2, -0.15) is 0 Å². The standard InChI is InChI=1S/C33H45N5O5/c1-4-33(5-2)30(41)38(31(33)43-24-29(40)37-21-19-36(3)20-22-37)32(42)35-18-12-17-34-28(39)23-27(25-13-8-6-9-14-25)26-15-10-7-11-16-26/h6-11,13-16,27,31H,4-5,12,17-24H2,1-3H3,(H,34,39)(H,35,42). The molecule has 2 aliphatic rings. The molecule has 2 aromatic rings. The molecular formula is C33H45N5O5. The molecule has 0 aliphatic carbocycles. The molecular weight excluding hydrogens is 546 g/mol. The lowest BCUT2D eigenvalue weighted by atomic mass is 9.72. The number of β-lactam (4-membered cyclic amide) rings is 1. The number of carbonyl (C=O) groups excluding carboxylic acids is 4. The Kier molecular flexibility index (Phi) is 11.3. The van der Waals surface area contributed by atoms with Gasteiger partial charge in [0, 0.05) is 51.6 Å². The first-order valence-corrected chi connectivity index (χ1v) is 15.4. The van der Waals surface area contributed by atoms with E-state index in [1.165, 1.54) is 0 Å². The van der Waals surface area contributed by atoms with Crippen LogP contribution in [-0.2, 0) is 19.1 Å². The Balaban J connectivity index is 1.24. The highest BCUT2D eigenvalue weighted by Gasteiger charge is 2.62. The van der Waals surface area contributed by atoms with Crippen LogP contribution in [-0.4, -0.2) is 97.6 Å². The van der Waals surface area contributed by atoms with Crippen molar-refractivity contribution in [3.8, 4) is 0 Å². The van der Waals surface area contributed by atoms with E-state index in [0.29, 0.717) is 45.3 Å². The molecule has 10 nitrogen and oxygen atoms in total. The molecule has 2 heterocycles. The molecule has 2 aromatic carbocycles. The molecule has 4 rings (SSSR count). The minimum atomic E-state index is -0.818. The molecule has 2 saturated heterocycles. The van der Waals surface area contributed by atoms with Gasteiger partial charge in [0.2, 0.25) is 17.7 Å². The van der Waals surface area contributed by atoms with Crippen LogP contribution in [0.4, 0.5) is 4.79 Å². The fourth-order valence-corrected chi connectivity index (χ4v) is 5.92. The minimum Gasteiger partial charge on any atom is -0.356 e. The number of likely N-dealkylation sites (tertiary alicyclic amines) is 1. The summed E-state index contributed by atoms with van der Waals surface area (Å²) in [6, 6.07) is 19.4. The average Bonchev–Trinajstić information content (AvgIpc) is 3.03. The van der Waals surface area contributed by atoms with Crippen molar-refractivity contribution in [3.63, 3.8) is 0 Å². The maximum Gasteiger partial charge on any atom is 0.326 e. The molecule has 1 atom stereocenters. The Labute approximate surface area is 254 Å². The van der Waals surface area contributed by atoms with E-state index < -0.39 is 17.7 Å². The number of amides is 5. The van der Waals surface area contributed by atoms with Gasteiger partial charge < -0.3 is 25.2 Å². The van der Waals surface area contributed by atoms with Crippen LogP contribution < -0.4 is 10.6 Å². The zero-order valence-electron chi connectivity index (χ0n) is 25.6.